The molecular weight excluding hydrogens is 340 g/mol. The van der Waals surface area contributed by atoms with Crippen molar-refractivity contribution in [2.75, 3.05) is 38.1 Å². The minimum atomic E-state index is 0.638. The van der Waals surface area contributed by atoms with Crippen LogP contribution in [0.2, 0.25) is 0 Å². The highest BCUT2D eigenvalue weighted by Gasteiger charge is 2.33. The lowest BCUT2D eigenvalue weighted by Gasteiger charge is -2.41. The van der Waals surface area contributed by atoms with Crippen molar-refractivity contribution in [3.63, 3.8) is 0 Å². The monoisotopic (exact) mass is 384 g/mol. The second kappa shape index (κ2) is 11.7. The van der Waals surface area contributed by atoms with Crippen LogP contribution in [0.3, 0.4) is 0 Å². The van der Waals surface area contributed by atoms with Crippen molar-refractivity contribution in [3.05, 3.63) is 42.5 Å². The number of rotatable bonds is 6. The van der Waals surface area contributed by atoms with E-state index in [0.29, 0.717) is 5.41 Å². The van der Waals surface area contributed by atoms with Gasteiger partial charge < -0.3 is 9.80 Å². The number of anilines is 1. The SMILES string of the molecule is C=CCCC.CCC1(CC)CCC(c2ccccc2N2CCN(C)CC2)CC1. The van der Waals surface area contributed by atoms with Crippen molar-refractivity contribution in [2.24, 2.45) is 5.41 Å². The molecule has 3 rings (SSSR count). The van der Waals surface area contributed by atoms with E-state index in [2.05, 4.69) is 68.5 Å². The van der Waals surface area contributed by atoms with Crippen molar-refractivity contribution in [1.29, 1.82) is 0 Å². The van der Waals surface area contributed by atoms with Crippen LogP contribution < -0.4 is 4.90 Å². The van der Waals surface area contributed by atoms with E-state index in [1.165, 1.54) is 76.8 Å². The summed E-state index contributed by atoms with van der Waals surface area (Å²) in [6, 6.07) is 9.24. The van der Waals surface area contributed by atoms with Crippen molar-refractivity contribution < 1.29 is 0 Å². The summed E-state index contributed by atoms with van der Waals surface area (Å²) in [5, 5.41) is 0. The van der Waals surface area contributed by atoms with Crippen molar-refractivity contribution in [1.82, 2.24) is 4.90 Å². The normalized spacial score (nSPS) is 20.4. The molecule has 0 amide bonds. The maximum atomic E-state index is 3.55. The van der Waals surface area contributed by atoms with E-state index < -0.39 is 0 Å². The van der Waals surface area contributed by atoms with Crippen LogP contribution in [-0.2, 0) is 0 Å². The van der Waals surface area contributed by atoms with Gasteiger partial charge in [0, 0.05) is 31.9 Å². The molecule has 0 N–H and O–H groups in total. The number of hydrogen-bond acceptors (Lipinski definition) is 2. The van der Waals surface area contributed by atoms with E-state index in [4.69, 9.17) is 0 Å². The Morgan fingerprint density at radius 2 is 1.61 bits per heavy atom. The number of benzene rings is 1. The summed E-state index contributed by atoms with van der Waals surface area (Å²) in [5.41, 5.74) is 3.78. The van der Waals surface area contributed by atoms with E-state index >= 15 is 0 Å². The molecule has 158 valence electrons. The highest BCUT2D eigenvalue weighted by molar-refractivity contribution is 5.55. The molecule has 2 aliphatic rings. The topological polar surface area (TPSA) is 6.48 Å². The second-order valence-electron chi connectivity index (χ2n) is 8.91. The number of nitrogens with zero attached hydrogens (tertiary/aromatic N) is 2. The Morgan fingerprint density at radius 1 is 1.00 bits per heavy atom. The van der Waals surface area contributed by atoms with Gasteiger partial charge in [-0.3, -0.25) is 0 Å². The van der Waals surface area contributed by atoms with Crippen molar-refractivity contribution in [3.8, 4) is 0 Å². The van der Waals surface area contributed by atoms with E-state index in [9.17, 15) is 0 Å². The molecule has 0 bridgehead atoms. The predicted molar refractivity (Wildman–Crippen MR) is 125 cm³/mol. The van der Waals surface area contributed by atoms with E-state index in [0.717, 1.165) is 12.3 Å². The summed E-state index contributed by atoms with van der Waals surface area (Å²) >= 11 is 0. The molecule has 1 aromatic carbocycles. The number of unbranched alkanes of at least 4 members (excludes halogenated alkanes) is 1. The molecule has 0 unspecified atom stereocenters. The number of hydrogen-bond donors (Lipinski definition) is 0. The van der Waals surface area contributed by atoms with E-state index in [1.54, 1.807) is 5.56 Å². The first-order chi connectivity index (χ1) is 13.6. The average Bonchev–Trinajstić information content (AvgIpc) is 2.75. The minimum Gasteiger partial charge on any atom is -0.369 e. The first-order valence-corrected chi connectivity index (χ1v) is 11.7. The lowest BCUT2D eigenvalue weighted by Crippen LogP contribution is -2.45. The van der Waals surface area contributed by atoms with Gasteiger partial charge in [0.15, 0.2) is 0 Å². The molecule has 2 fully saturated rings. The third-order valence-electron chi connectivity index (χ3n) is 7.26. The Balaban J connectivity index is 0.000000500. The second-order valence-corrected chi connectivity index (χ2v) is 8.91. The van der Waals surface area contributed by atoms with Gasteiger partial charge in [-0.15, -0.1) is 6.58 Å². The molecule has 1 aromatic rings. The fourth-order valence-electron chi connectivity index (χ4n) is 4.87. The Bertz CT molecular complexity index is 558. The van der Waals surface area contributed by atoms with Crippen molar-refractivity contribution >= 4 is 5.69 Å². The van der Waals surface area contributed by atoms with E-state index in [1.807, 2.05) is 6.08 Å². The van der Waals surface area contributed by atoms with Gasteiger partial charge in [-0.25, -0.2) is 0 Å². The van der Waals surface area contributed by atoms with Gasteiger partial charge in [0.05, 0.1) is 0 Å². The molecule has 0 atom stereocenters. The Hall–Kier alpha value is -1.28. The summed E-state index contributed by atoms with van der Waals surface area (Å²) in [7, 11) is 2.24. The third kappa shape index (κ3) is 6.11. The predicted octanol–water partition coefficient (Wildman–Crippen LogP) is 6.87. The number of piperazine rings is 1. The number of para-hydroxylation sites is 1. The van der Waals surface area contributed by atoms with Gasteiger partial charge in [-0.05, 0) is 62.1 Å². The van der Waals surface area contributed by atoms with E-state index in [-0.39, 0.29) is 0 Å². The molecule has 1 aliphatic heterocycles. The molecule has 0 radical (unpaired) electrons. The number of likely N-dealkylation sites (N-methyl/N-ethyl adjacent to an activating group) is 1. The fourth-order valence-corrected chi connectivity index (χ4v) is 4.87. The maximum Gasteiger partial charge on any atom is 0.0402 e. The molecule has 2 heteroatoms. The van der Waals surface area contributed by atoms with Crippen LogP contribution in [0.1, 0.15) is 83.6 Å². The Labute approximate surface area is 175 Å². The Kier molecular flexibility index (Phi) is 9.58. The summed E-state index contributed by atoms with van der Waals surface area (Å²) in [6.45, 7) is 15.2. The summed E-state index contributed by atoms with van der Waals surface area (Å²) in [4.78, 5) is 5.06. The first kappa shape index (κ1) is 23.0. The van der Waals surface area contributed by atoms with Crippen LogP contribution in [0, 0.1) is 5.41 Å². The Morgan fingerprint density at radius 3 is 2.11 bits per heavy atom. The van der Waals surface area contributed by atoms with Crippen molar-refractivity contribution in [2.45, 2.75) is 78.1 Å². The summed E-state index contributed by atoms with van der Waals surface area (Å²) in [6.07, 6.45) is 12.6. The first-order valence-electron chi connectivity index (χ1n) is 11.7. The highest BCUT2D eigenvalue weighted by Crippen LogP contribution is 2.48. The smallest absolute Gasteiger partial charge is 0.0402 e. The molecule has 1 heterocycles. The van der Waals surface area contributed by atoms with Crippen LogP contribution in [0.5, 0.6) is 0 Å². The quantitative estimate of drug-likeness (QED) is 0.493. The lowest BCUT2D eigenvalue weighted by molar-refractivity contribution is 0.159. The van der Waals surface area contributed by atoms with Crippen LogP contribution in [0.15, 0.2) is 36.9 Å². The minimum absolute atomic E-state index is 0.638. The standard InChI is InChI=1S/C21H34N2.C5H10/c1-4-21(5-2)12-10-18(11-13-21)19-8-6-7-9-20(19)23-16-14-22(3)15-17-23;1-3-5-4-2/h6-9,18H,4-5,10-17H2,1-3H3;3H,1,4-5H2,2H3. The van der Waals surface area contributed by atoms with Gasteiger partial charge in [-0.1, -0.05) is 64.3 Å². The highest BCUT2D eigenvalue weighted by atomic mass is 15.2. The third-order valence-corrected chi connectivity index (χ3v) is 7.26. The molecule has 0 aromatic heterocycles. The maximum absolute atomic E-state index is 3.55. The molecule has 0 spiro atoms. The van der Waals surface area contributed by atoms with Gasteiger partial charge in [0.1, 0.15) is 0 Å². The fraction of sp³-hybridized carbons (Fsp3) is 0.692. The van der Waals surface area contributed by atoms with Crippen LogP contribution in [-0.4, -0.2) is 38.1 Å². The van der Waals surface area contributed by atoms with Crippen LogP contribution in [0.4, 0.5) is 5.69 Å². The molecule has 2 nitrogen and oxygen atoms in total. The van der Waals surface area contributed by atoms with Crippen LogP contribution in [0.25, 0.3) is 0 Å². The average molecular weight is 385 g/mol. The molecule has 1 saturated carbocycles. The summed E-state index contributed by atoms with van der Waals surface area (Å²) < 4.78 is 0. The summed E-state index contributed by atoms with van der Waals surface area (Å²) in [5.74, 6) is 0.775. The number of allylic oxidation sites excluding steroid dienone is 1. The largest absolute Gasteiger partial charge is 0.369 e. The molecule has 1 aliphatic carbocycles. The molecule has 1 saturated heterocycles. The zero-order chi connectivity index (χ0) is 20.4. The van der Waals surface area contributed by atoms with Gasteiger partial charge in [-0.2, -0.15) is 0 Å². The lowest BCUT2D eigenvalue weighted by atomic mass is 9.66. The zero-order valence-corrected chi connectivity index (χ0v) is 19.1. The molecular formula is C26H44N2. The molecule has 28 heavy (non-hydrogen) atoms. The van der Waals surface area contributed by atoms with Gasteiger partial charge in [0.25, 0.3) is 0 Å². The van der Waals surface area contributed by atoms with Gasteiger partial charge in [0.2, 0.25) is 0 Å². The zero-order valence-electron chi connectivity index (χ0n) is 19.1. The van der Waals surface area contributed by atoms with Crippen LogP contribution >= 0.6 is 0 Å². The van der Waals surface area contributed by atoms with Gasteiger partial charge >= 0.3 is 0 Å².